The fraction of sp³-hybridized carbons (Fsp3) is 0.211. The van der Waals surface area contributed by atoms with Crippen molar-refractivity contribution in [2.45, 2.75) is 19.4 Å². The van der Waals surface area contributed by atoms with Gasteiger partial charge in [-0.15, -0.1) is 0 Å². The normalized spacial score (nSPS) is 14.4. The highest BCUT2D eigenvalue weighted by Crippen LogP contribution is 2.23. The number of hydrogen-bond donors (Lipinski definition) is 1. The second-order valence-electron chi connectivity index (χ2n) is 5.98. The molecule has 128 valence electrons. The van der Waals surface area contributed by atoms with Crippen molar-refractivity contribution in [2.75, 3.05) is 6.54 Å². The molecule has 3 rings (SSSR count). The van der Waals surface area contributed by atoms with Gasteiger partial charge in [0.1, 0.15) is 11.9 Å². The molecule has 1 heterocycles. The summed E-state index contributed by atoms with van der Waals surface area (Å²) in [5, 5.41) is 0. The van der Waals surface area contributed by atoms with E-state index in [0.717, 1.165) is 5.56 Å². The Kier molecular flexibility index (Phi) is 4.52. The molecule has 6 heteroatoms. The van der Waals surface area contributed by atoms with Crippen molar-refractivity contribution in [2.24, 2.45) is 5.73 Å². The van der Waals surface area contributed by atoms with E-state index >= 15 is 0 Å². The Morgan fingerprint density at radius 2 is 1.60 bits per heavy atom. The third kappa shape index (κ3) is 3.52. The van der Waals surface area contributed by atoms with Crippen LogP contribution in [0.2, 0.25) is 0 Å². The van der Waals surface area contributed by atoms with Gasteiger partial charge >= 0.3 is 0 Å². The molecule has 1 atom stereocenters. The molecule has 2 aromatic rings. The van der Waals surface area contributed by atoms with Crippen molar-refractivity contribution in [3.8, 4) is 5.75 Å². The van der Waals surface area contributed by atoms with Crippen molar-refractivity contribution >= 4 is 17.7 Å². The minimum atomic E-state index is -0.396. The first-order valence-corrected chi connectivity index (χ1v) is 7.95. The van der Waals surface area contributed by atoms with E-state index in [1.54, 1.807) is 55.5 Å². The molecule has 0 saturated carbocycles. The number of hydrogen-bond acceptors (Lipinski definition) is 4. The highest BCUT2D eigenvalue weighted by atomic mass is 16.5. The first-order chi connectivity index (χ1) is 12.0. The fourth-order valence-electron chi connectivity index (χ4n) is 2.82. The molecule has 0 radical (unpaired) electrons. The molecule has 2 N–H and O–H groups in total. The van der Waals surface area contributed by atoms with Crippen LogP contribution >= 0.6 is 0 Å². The van der Waals surface area contributed by atoms with Gasteiger partial charge in [0.2, 0.25) is 5.91 Å². The number of imide groups is 1. The Morgan fingerprint density at radius 3 is 2.12 bits per heavy atom. The van der Waals surface area contributed by atoms with E-state index in [0.29, 0.717) is 16.9 Å². The van der Waals surface area contributed by atoms with Crippen molar-refractivity contribution < 1.29 is 19.1 Å². The second kappa shape index (κ2) is 6.76. The van der Waals surface area contributed by atoms with Crippen LogP contribution in [0.1, 0.15) is 33.2 Å². The third-order valence-electron chi connectivity index (χ3n) is 3.96. The number of benzene rings is 2. The lowest BCUT2D eigenvalue weighted by Gasteiger charge is -2.20. The Hall–Kier alpha value is -3.15. The number of carbonyl (C=O) groups is 3. The molecule has 0 fully saturated rings. The van der Waals surface area contributed by atoms with E-state index < -0.39 is 5.91 Å². The molecule has 1 unspecified atom stereocenters. The summed E-state index contributed by atoms with van der Waals surface area (Å²) in [5.74, 6) is -0.397. The van der Waals surface area contributed by atoms with Gasteiger partial charge in [-0.3, -0.25) is 19.3 Å². The van der Waals surface area contributed by atoms with Crippen LogP contribution in [-0.4, -0.2) is 35.3 Å². The van der Waals surface area contributed by atoms with Gasteiger partial charge in [0.25, 0.3) is 11.8 Å². The summed E-state index contributed by atoms with van der Waals surface area (Å²) in [5.41, 5.74) is 6.81. The summed E-state index contributed by atoms with van der Waals surface area (Å²) in [4.78, 5) is 36.8. The van der Waals surface area contributed by atoms with Gasteiger partial charge in [-0.05, 0) is 36.8 Å². The molecule has 0 saturated heterocycles. The molecule has 1 aliphatic rings. The lowest BCUT2D eigenvalue weighted by atomic mass is 10.1. The number of nitrogens with zero attached hydrogens (tertiary/aromatic N) is 1. The molecular formula is C19H18N2O4. The molecule has 25 heavy (non-hydrogen) atoms. The summed E-state index contributed by atoms with van der Waals surface area (Å²) in [6.07, 6.45) is -0.200. The smallest absolute Gasteiger partial charge is 0.261 e. The molecule has 0 bridgehead atoms. The predicted octanol–water partition coefficient (Wildman–Crippen LogP) is 1.78. The SMILES string of the molecule is CC(CN1C(=O)c2ccccc2C1=O)Oc1ccc(CC(N)=O)cc1. The Labute approximate surface area is 145 Å². The lowest BCUT2D eigenvalue weighted by Crippen LogP contribution is -2.38. The standard InChI is InChI=1S/C19H18N2O4/c1-12(25-14-8-6-13(7-9-14)10-17(20)22)11-21-18(23)15-4-2-3-5-16(15)19(21)24/h2-9,12H,10-11H2,1H3,(H2,20,22). The van der Waals surface area contributed by atoms with Crippen LogP contribution in [-0.2, 0) is 11.2 Å². The van der Waals surface area contributed by atoms with Gasteiger partial charge in [0.05, 0.1) is 24.1 Å². The van der Waals surface area contributed by atoms with Crippen molar-refractivity contribution in [1.82, 2.24) is 4.90 Å². The fourth-order valence-corrected chi connectivity index (χ4v) is 2.82. The highest BCUT2D eigenvalue weighted by molar-refractivity contribution is 6.21. The maximum Gasteiger partial charge on any atom is 0.261 e. The maximum atomic E-state index is 12.3. The van der Waals surface area contributed by atoms with Crippen LogP contribution in [0.25, 0.3) is 0 Å². The first kappa shape index (κ1) is 16.7. The molecule has 1 aliphatic heterocycles. The minimum absolute atomic E-state index is 0.162. The number of primary amides is 1. The van der Waals surface area contributed by atoms with Crippen molar-refractivity contribution in [3.05, 3.63) is 65.2 Å². The number of nitrogens with two attached hydrogens (primary N) is 1. The Balaban J connectivity index is 1.63. The Morgan fingerprint density at radius 1 is 1.04 bits per heavy atom. The maximum absolute atomic E-state index is 12.3. The quantitative estimate of drug-likeness (QED) is 0.813. The number of carbonyl (C=O) groups excluding carboxylic acids is 3. The van der Waals surface area contributed by atoms with Crippen LogP contribution in [0.4, 0.5) is 0 Å². The van der Waals surface area contributed by atoms with Gasteiger partial charge in [-0.25, -0.2) is 0 Å². The van der Waals surface area contributed by atoms with Crippen LogP contribution in [0.15, 0.2) is 48.5 Å². The molecule has 2 aromatic carbocycles. The summed E-state index contributed by atoms with van der Waals surface area (Å²) in [6.45, 7) is 1.95. The summed E-state index contributed by atoms with van der Waals surface area (Å²) < 4.78 is 5.77. The van der Waals surface area contributed by atoms with E-state index in [1.165, 1.54) is 4.90 Å². The zero-order valence-electron chi connectivity index (χ0n) is 13.8. The summed E-state index contributed by atoms with van der Waals surface area (Å²) in [6, 6.07) is 13.8. The van der Waals surface area contributed by atoms with E-state index in [2.05, 4.69) is 0 Å². The lowest BCUT2D eigenvalue weighted by molar-refractivity contribution is -0.117. The molecule has 0 aliphatic carbocycles. The van der Waals surface area contributed by atoms with E-state index in [-0.39, 0.29) is 30.9 Å². The molecular weight excluding hydrogens is 320 g/mol. The van der Waals surface area contributed by atoms with Crippen LogP contribution in [0.3, 0.4) is 0 Å². The summed E-state index contributed by atoms with van der Waals surface area (Å²) >= 11 is 0. The van der Waals surface area contributed by atoms with Gasteiger partial charge in [-0.1, -0.05) is 24.3 Å². The molecule has 3 amide bonds. The topological polar surface area (TPSA) is 89.7 Å². The zero-order chi connectivity index (χ0) is 18.0. The average molecular weight is 338 g/mol. The first-order valence-electron chi connectivity index (χ1n) is 7.95. The molecule has 0 aromatic heterocycles. The van der Waals surface area contributed by atoms with Crippen LogP contribution in [0.5, 0.6) is 5.75 Å². The number of fused-ring (bicyclic) bond motifs is 1. The van der Waals surface area contributed by atoms with Gasteiger partial charge < -0.3 is 10.5 Å². The van der Waals surface area contributed by atoms with Gasteiger partial charge in [0.15, 0.2) is 0 Å². The largest absolute Gasteiger partial charge is 0.489 e. The van der Waals surface area contributed by atoms with Gasteiger partial charge in [0, 0.05) is 0 Å². The zero-order valence-corrected chi connectivity index (χ0v) is 13.8. The Bertz CT molecular complexity index is 795. The van der Waals surface area contributed by atoms with E-state index in [1.807, 2.05) is 0 Å². The average Bonchev–Trinajstić information content (AvgIpc) is 2.82. The monoisotopic (exact) mass is 338 g/mol. The number of amides is 3. The van der Waals surface area contributed by atoms with Crippen molar-refractivity contribution in [1.29, 1.82) is 0 Å². The van der Waals surface area contributed by atoms with Crippen molar-refractivity contribution in [3.63, 3.8) is 0 Å². The molecule has 6 nitrogen and oxygen atoms in total. The molecule has 0 spiro atoms. The number of ether oxygens (including phenoxy) is 1. The number of rotatable bonds is 6. The third-order valence-corrected chi connectivity index (χ3v) is 3.96. The van der Waals surface area contributed by atoms with E-state index in [4.69, 9.17) is 10.5 Å². The summed E-state index contributed by atoms with van der Waals surface area (Å²) in [7, 11) is 0. The highest BCUT2D eigenvalue weighted by Gasteiger charge is 2.36. The second-order valence-corrected chi connectivity index (χ2v) is 5.98. The predicted molar refractivity (Wildman–Crippen MR) is 91.2 cm³/mol. The van der Waals surface area contributed by atoms with Crippen LogP contribution in [0, 0.1) is 0 Å². The van der Waals surface area contributed by atoms with E-state index in [9.17, 15) is 14.4 Å². The minimum Gasteiger partial charge on any atom is -0.489 e. The van der Waals surface area contributed by atoms with Crippen LogP contribution < -0.4 is 10.5 Å². The van der Waals surface area contributed by atoms with Gasteiger partial charge in [-0.2, -0.15) is 0 Å².